The number of carbonyl (C=O) groups excluding carboxylic acids is 2. The van der Waals surface area contributed by atoms with Crippen molar-refractivity contribution >= 4 is 34.3 Å². The number of nitrogens with zero attached hydrogens (tertiary/aromatic N) is 2. The topological polar surface area (TPSA) is 61.2 Å². The molecule has 0 atom stereocenters. The first-order valence-electron chi connectivity index (χ1n) is 7.88. The van der Waals surface area contributed by atoms with Crippen LogP contribution in [0.5, 0.6) is 5.75 Å². The average Bonchev–Trinajstić information content (AvgIpc) is 2.96. The van der Waals surface area contributed by atoms with E-state index in [4.69, 9.17) is 16.3 Å². The minimum Gasteiger partial charge on any atom is -0.421 e. The molecule has 0 amide bonds. The molecule has 0 aliphatic heterocycles. The van der Waals surface area contributed by atoms with E-state index in [1.807, 2.05) is 38.1 Å². The lowest BCUT2D eigenvalue weighted by Crippen LogP contribution is -2.13. The lowest BCUT2D eigenvalue weighted by atomic mass is 10.1. The minimum atomic E-state index is -0.611. The number of hydrogen-bond acceptors (Lipinski definition) is 4. The zero-order chi connectivity index (χ0) is 18.1. The number of para-hydroxylation sites is 1. The van der Waals surface area contributed by atoms with E-state index in [2.05, 4.69) is 5.10 Å². The van der Waals surface area contributed by atoms with Crippen molar-refractivity contribution in [2.45, 2.75) is 26.8 Å². The first kappa shape index (κ1) is 17.2. The Morgan fingerprint density at radius 1 is 1.16 bits per heavy atom. The van der Waals surface area contributed by atoms with Crippen molar-refractivity contribution < 1.29 is 14.3 Å². The van der Waals surface area contributed by atoms with Gasteiger partial charge < -0.3 is 4.74 Å². The second-order valence-corrected chi connectivity index (χ2v) is 6.43. The Balaban J connectivity index is 2.03. The van der Waals surface area contributed by atoms with Crippen LogP contribution in [0.25, 0.3) is 10.9 Å². The molecule has 0 fully saturated rings. The molecule has 1 aromatic heterocycles. The Morgan fingerprint density at radius 2 is 1.88 bits per heavy atom. The van der Waals surface area contributed by atoms with Crippen LogP contribution in [-0.4, -0.2) is 21.5 Å². The molecule has 0 radical (unpaired) electrons. The highest BCUT2D eigenvalue weighted by atomic mass is 35.5. The van der Waals surface area contributed by atoms with Crippen LogP contribution in [0.1, 0.15) is 47.7 Å². The molecule has 25 heavy (non-hydrogen) atoms. The van der Waals surface area contributed by atoms with Crippen molar-refractivity contribution in [2.24, 2.45) is 0 Å². The molecule has 3 rings (SSSR count). The highest BCUT2D eigenvalue weighted by Gasteiger charge is 2.21. The Bertz CT molecular complexity index is 976. The maximum Gasteiger partial charge on any atom is 0.364 e. The van der Waals surface area contributed by atoms with E-state index in [1.165, 1.54) is 19.1 Å². The zero-order valence-corrected chi connectivity index (χ0v) is 14.9. The molecule has 0 unspecified atom stereocenters. The van der Waals surface area contributed by atoms with Crippen LogP contribution in [0.15, 0.2) is 42.5 Å². The largest absolute Gasteiger partial charge is 0.421 e. The smallest absolute Gasteiger partial charge is 0.364 e. The third-order valence-corrected chi connectivity index (χ3v) is 4.05. The van der Waals surface area contributed by atoms with Crippen LogP contribution in [0.2, 0.25) is 5.02 Å². The number of ketones is 1. The van der Waals surface area contributed by atoms with Crippen LogP contribution in [0.3, 0.4) is 0 Å². The number of hydrogen-bond donors (Lipinski definition) is 0. The number of aromatic nitrogens is 2. The van der Waals surface area contributed by atoms with Gasteiger partial charge in [-0.3, -0.25) is 9.48 Å². The Kier molecular flexibility index (Phi) is 4.59. The molecule has 0 saturated carbocycles. The van der Waals surface area contributed by atoms with Gasteiger partial charge in [-0.05, 0) is 45.0 Å². The van der Waals surface area contributed by atoms with Gasteiger partial charge >= 0.3 is 5.97 Å². The number of fused-ring (bicyclic) bond motifs is 1. The summed E-state index contributed by atoms with van der Waals surface area (Å²) in [5.41, 5.74) is 1.33. The molecule has 0 spiro atoms. The minimum absolute atomic E-state index is 0.0924. The zero-order valence-electron chi connectivity index (χ0n) is 14.1. The predicted molar refractivity (Wildman–Crippen MR) is 96.5 cm³/mol. The van der Waals surface area contributed by atoms with Gasteiger partial charge in [-0.1, -0.05) is 29.8 Å². The number of ether oxygens (including phenoxy) is 1. The van der Waals surface area contributed by atoms with Gasteiger partial charge in [0.1, 0.15) is 5.75 Å². The lowest BCUT2D eigenvalue weighted by Gasteiger charge is -2.08. The van der Waals surface area contributed by atoms with E-state index in [-0.39, 0.29) is 28.8 Å². The van der Waals surface area contributed by atoms with Crippen LogP contribution in [0, 0.1) is 0 Å². The summed E-state index contributed by atoms with van der Waals surface area (Å²) in [4.78, 5) is 24.5. The van der Waals surface area contributed by atoms with Crippen LogP contribution < -0.4 is 4.74 Å². The summed E-state index contributed by atoms with van der Waals surface area (Å²) in [6.07, 6.45) is 0. The molecular formula is C19H17ClN2O3. The lowest BCUT2D eigenvalue weighted by molar-refractivity contribution is 0.0727. The fourth-order valence-electron chi connectivity index (χ4n) is 2.65. The summed E-state index contributed by atoms with van der Waals surface area (Å²) in [5, 5.41) is 5.52. The highest BCUT2D eigenvalue weighted by molar-refractivity contribution is 6.31. The van der Waals surface area contributed by atoms with Crippen molar-refractivity contribution in [1.29, 1.82) is 0 Å². The third kappa shape index (κ3) is 3.28. The Hall–Kier alpha value is -2.66. The van der Waals surface area contributed by atoms with Crippen molar-refractivity contribution in [1.82, 2.24) is 9.78 Å². The monoisotopic (exact) mass is 356 g/mol. The molecule has 0 aliphatic rings. The van der Waals surface area contributed by atoms with E-state index >= 15 is 0 Å². The molecule has 2 aromatic carbocycles. The Labute approximate surface area is 150 Å². The predicted octanol–water partition coefficient (Wildman–Crippen LogP) is 4.69. The summed E-state index contributed by atoms with van der Waals surface area (Å²) in [7, 11) is 0. The summed E-state index contributed by atoms with van der Waals surface area (Å²) in [5.74, 6) is -0.673. The average molecular weight is 357 g/mol. The van der Waals surface area contributed by atoms with Crippen molar-refractivity contribution in [3.63, 3.8) is 0 Å². The molecule has 0 aliphatic carbocycles. The fourth-order valence-corrected chi connectivity index (χ4v) is 2.82. The van der Waals surface area contributed by atoms with E-state index in [0.717, 1.165) is 5.52 Å². The molecule has 0 bridgehead atoms. The molecule has 3 aromatic rings. The quantitative estimate of drug-likeness (QED) is 0.386. The molecule has 5 nitrogen and oxygen atoms in total. The Morgan fingerprint density at radius 3 is 2.56 bits per heavy atom. The van der Waals surface area contributed by atoms with Gasteiger partial charge in [-0.15, -0.1) is 0 Å². The van der Waals surface area contributed by atoms with Gasteiger partial charge in [0.2, 0.25) is 0 Å². The summed E-state index contributed by atoms with van der Waals surface area (Å²) in [6, 6.07) is 12.1. The van der Waals surface area contributed by atoms with Gasteiger partial charge in [-0.2, -0.15) is 5.10 Å². The number of esters is 1. The molecule has 1 heterocycles. The van der Waals surface area contributed by atoms with Gasteiger partial charge in [-0.25, -0.2) is 4.79 Å². The van der Waals surface area contributed by atoms with Crippen LogP contribution in [0.4, 0.5) is 0 Å². The number of benzene rings is 2. The van der Waals surface area contributed by atoms with Crippen LogP contribution >= 0.6 is 11.6 Å². The van der Waals surface area contributed by atoms with Crippen molar-refractivity contribution in [3.8, 4) is 5.75 Å². The summed E-state index contributed by atoms with van der Waals surface area (Å²) < 4.78 is 7.23. The SMILES string of the molecule is CC(=O)c1cc(Cl)ccc1OC(=O)c1nn(C(C)C)c2ccccc12. The number of rotatable bonds is 4. The van der Waals surface area contributed by atoms with E-state index in [9.17, 15) is 9.59 Å². The van der Waals surface area contributed by atoms with Gasteiger partial charge in [0, 0.05) is 16.5 Å². The van der Waals surface area contributed by atoms with Gasteiger partial charge in [0.15, 0.2) is 11.5 Å². The second-order valence-electron chi connectivity index (χ2n) is 5.99. The number of Topliss-reactive ketones (excluding diaryl/α,β-unsaturated/α-hetero) is 1. The first-order valence-corrected chi connectivity index (χ1v) is 8.26. The number of carbonyl (C=O) groups is 2. The summed E-state index contributed by atoms with van der Waals surface area (Å²) >= 11 is 5.92. The maximum atomic E-state index is 12.7. The first-order chi connectivity index (χ1) is 11.9. The fraction of sp³-hybridized carbons (Fsp3) is 0.211. The third-order valence-electron chi connectivity index (χ3n) is 3.82. The molecule has 128 valence electrons. The van der Waals surface area contributed by atoms with E-state index < -0.39 is 5.97 Å². The van der Waals surface area contributed by atoms with E-state index in [1.54, 1.807) is 10.7 Å². The second kappa shape index (κ2) is 6.69. The molecule has 0 N–H and O–H groups in total. The van der Waals surface area contributed by atoms with E-state index in [0.29, 0.717) is 10.4 Å². The number of halogens is 1. The normalized spacial score (nSPS) is 11.1. The molecular weight excluding hydrogens is 340 g/mol. The van der Waals surface area contributed by atoms with Crippen molar-refractivity contribution in [2.75, 3.05) is 0 Å². The highest BCUT2D eigenvalue weighted by Crippen LogP contribution is 2.26. The maximum absolute atomic E-state index is 12.7. The van der Waals surface area contributed by atoms with Gasteiger partial charge in [0.25, 0.3) is 0 Å². The molecule has 6 heteroatoms. The van der Waals surface area contributed by atoms with Gasteiger partial charge in [0.05, 0.1) is 11.1 Å². The standard InChI is InChI=1S/C19H17ClN2O3/c1-11(2)22-16-7-5-4-6-14(16)18(21-22)19(24)25-17-9-8-13(20)10-15(17)12(3)23/h4-11H,1-3H3. The molecule has 0 saturated heterocycles. The summed E-state index contributed by atoms with van der Waals surface area (Å²) in [6.45, 7) is 5.37. The van der Waals surface area contributed by atoms with Crippen LogP contribution in [-0.2, 0) is 0 Å². The van der Waals surface area contributed by atoms with Crippen molar-refractivity contribution in [3.05, 3.63) is 58.7 Å².